The van der Waals surface area contributed by atoms with Crippen LogP contribution in [0.3, 0.4) is 0 Å². The molecule has 4 aliphatic rings. The number of aliphatic hydroxyl groups excluding tert-OH is 2. The van der Waals surface area contributed by atoms with E-state index in [0.717, 1.165) is 11.1 Å². The molecule has 0 aliphatic carbocycles. The van der Waals surface area contributed by atoms with Gasteiger partial charge in [-0.1, -0.05) is 60.7 Å². The molecule has 0 saturated carbocycles. The highest BCUT2D eigenvalue weighted by atomic mass is 16.5. The van der Waals surface area contributed by atoms with E-state index < -0.39 is 60.8 Å². The van der Waals surface area contributed by atoms with Crippen LogP contribution in [0.5, 0.6) is 0 Å². The number of nitrogens with one attached hydrogen (secondary N) is 2. The Kier molecular flexibility index (Phi) is 8.73. The Morgan fingerprint density at radius 1 is 0.857 bits per heavy atom. The molecule has 0 radical (unpaired) electrons. The number of benzene rings is 2. The first-order chi connectivity index (χ1) is 20.2. The fraction of sp³-hybridized carbons (Fsp3) is 0.448. The lowest BCUT2D eigenvalue weighted by atomic mass is 10.1. The van der Waals surface area contributed by atoms with Crippen molar-refractivity contribution in [2.75, 3.05) is 19.8 Å². The minimum atomic E-state index is -1.29. The third-order valence-corrected chi connectivity index (χ3v) is 7.68. The molecule has 4 amide bonds. The summed E-state index contributed by atoms with van der Waals surface area (Å²) in [5, 5.41) is 25.4. The van der Waals surface area contributed by atoms with E-state index in [1.165, 1.54) is 16.7 Å². The molecule has 0 aromatic heterocycles. The van der Waals surface area contributed by atoms with Crippen molar-refractivity contribution in [1.82, 2.24) is 20.4 Å². The molecule has 0 bridgehead atoms. The summed E-state index contributed by atoms with van der Waals surface area (Å²) in [5.41, 5.74) is 1.70. The predicted molar refractivity (Wildman–Crippen MR) is 145 cm³/mol. The molecule has 13 heteroatoms. The number of ether oxygens (including phenoxy) is 3. The third kappa shape index (κ3) is 5.55. The summed E-state index contributed by atoms with van der Waals surface area (Å²) >= 11 is 0. The Labute approximate surface area is 242 Å². The number of fused-ring (bicyclic) bond motifs is 2. The summed E-state index contributed by atoms with van der Waals surface area (Å²) in [5.74, 6) is -1.08. The third-order valence-electron chi connectivity index (χ3n) is 7.68. The van der Waals surface area contributed by atoms with Crippen LogP contribution in [0.1, 0.15) is 37.4 Å². The molecular weight excluding hydrogens is 548 g/mol. The van der Waals surface area contributed by atoms with Crippen LogP contribution >= 0.6 is 0 Å². The van der Waals surface area contributed by atoms with Gasteiger partial charge in [-0.15, -0.1) is 0 Å². The molecule has 2 aromatic carbocycles. The molecule has 4 N–H and O–H groups in total. The normalized spacial score (nSPS) is 31.2. The number of carbonyl (C=O) groups excluding carboxylic acids is 4. The van der Waals surface area contributed by atoms with Gasteiger partial charge in [-0.25, -0.2) is 4.79 Å². The molecule has 4 fully saturated rings. The zero-order valence-electron chi connectivity index (χ0n) is 23.2. The molecule has 0 unspecified atom stereocenters. The molecule has 13 nitrogen and oxygen atoms in total. The summed E-state index contributed by atoms with van der Waals surface area (Å²) in [4.78, 5) is 50.5. The number of nitrogens with zero attached hydrogens (tertiary/aromatic N) is 2. The Balaban J connectivity index is 0.000000169. The molecule has 2 aromatic rings. The fourth-order valence-corrected chi connectivity index (χ4v) is 5.79. The van der Waals surface area contributed by atoms with Crippen LogP contribution in [0.25, 0.3) is 0 Å². The van der Waals surface area contributed by atoms with Crippen LogP contribution < -0.4 is 10.6 Å². The summed E-state index contributed by atoms with van der Waals surface area (Å²) in [6.07, 6.45) is -3.92. The van der Waals surface area contributed by atoms with Crippen LogP contribution in [-0.2, 0) is 28.6 Å². The SMILES string of the molecule is CC(=O)N[C@H]1C(=O)N2[C@@H](c3ccccc3)OC[C@@H]2[C@H]1O.CCOC(=O)N[C@@H]1[C@H]2CO[C@H](c3ccccc3)N2C(=O)[C@@H]1O. The second-order valence-corrected chi connectivity index (χ2v) is 10.3. The molecule has 6 rings (SSSR count). The topological polar surface area (TPSA) is 167 Å². The standard InChI is InChI=1S/C15H18N2O5.C14H16N2O4/c1-2-21-15(20)16-11-10-8-22-14(9-6-4-3-5-7-9)17(10)13(19)12(11)18;1-8(17)15-11-12(18)10-7-20-14(16(10)13(11)19)9-5-3-2-4-6-9/h3-7,10-12,14,18H,2,8H2,1H3,(H,16,20);2-6,10-12,14,18H,7H2,1H3,(H,15,17)/t2*10-,11-,12-,14-/m11/s1. The van der Waals surface area contributed by atoms with Crippen LogP contribution in [0.15, 0.2) is 60.7 Å². The van der Waals surface area contributed by atoms with E-state index in [2.05, 4.69) is 10.6 Å². The molecule has 42 heavy (non-hydrogen) atoms. The van der Waals surface area contributed by atoms with Gasteiger partial charge in [0.25, 0.3) is 11.8 Å². The van der Waals surface area contributed by atoms with Gasteiger partial charge in [-0.3, -0.25) is 14.4 Å². The zero-order valence-corrected chi connectivity index (χ0v) is 23.2. The van der Waals surface area contributed by atoms with Crippen molar-refractivity contribution in [1.29, 1.82) is 0 Å². The lowest BCUT2D eigenvalue weighted by Crippen LogP contribution is -2.48. The van der Waals surface area contributed by atoms with Crippen molar-refractivity contribution in [2.45, 2.75) is 62.7 Å². The Morgan fingerprint density at radius 3 is 1.90 bits per heavy atom. The lowest BCUT2D eigenvalue weighted by molar-refractivity contribution is -0.141. The number of carbonyl (C=O) groups is 4. The average molecular weight is 583 g/mol. The van der Waals surface area contributed by atoms with Crippen molar-refractivity contribution in [2.24, 2.45) is 0 Å². The van der Waals surface area contributed by atoms with Gasteiger partial charge in [0.1, 0.15) is 12.1 Å². The fourth-order valence-electron chi connectivity index (χ4n) is 5.79. The van der Waals surface area contributed by atoms with Crippen molar-refractivity contribution in [3.05, 3.63) is 71.8 Å². The molecule has 4 saturated heterocycles. The van der Waals surface area contributed by atoms with Crippen molar-refractivity contribution in [3.8, 4) is 0 Å². The quantitative estimate of drug-likeness (QED) is 0.385. The highest BCUT2D eigenvalue weighted by Crippen LogP contribution is 2.38. The van der Waals surface area contributed by atoms with E-state index in [1.54, 1.807) is 6.92 Å². The first kappa shape index (κ1) is 29.5. The van der Waals surface area contributed by atoms with Crippen molar-refractivity contribution in [3.63, 3.8) is 0 Å². The van der Waals surface area contributed by atoms with Crippen molar-refractivity contribution >= 4 is 23.8 Å². The molecule has 224 valence electrons. The van der Waals surface area contributed by atoms with Gasteiger partial charge in [0.05, 0.1) is 37.9 Å². The maximum absolute atomic E-state index is 12.4. The van der Waals surface area contributed by atoms with E-state index >= 15 is 0 Å². The summed E-state index contributed by atoms with van der Waals surface area (Å²) in [7, 11) is 0. The van der Waals surface area contributed by atoms with E-state index in [-0.39, 0.29) is 31.6 Å². The van der Waals surface area contributed by atoms with Crippen LogP contribution in [0.2, 0.25) is 0 Å². The monoisotopic (exact) mass is 582 g/mol. The van der Waals surface area contributed by atoms with Gasteiger partial charge >= 0.3 is 6.09 Å². The molecule has 8 atom stereocenters. The number of hydrogen-bond acceptors (Lipinski definition) is 9. The second-order valence-electron chi connectivity index (χ2n) is 10.3. The van der Waals surface area contributed by atoms with E-state index in [0.29, 0.717) is 0 Å². The number of rotatable bonds is 5. The van der Waals surface area contributed by atoms with Crippen molar-refractivity contribution < 1.29 is 43.6 Å². The first-order valence-corrected chi connectivity index (χ1v) is 13.8. The smallest absolute Gasteiger partial charge is 0.407 e. The minimum Gasteiger partial charge on any atom is -0.450 e. The molecule has 4 aliphatic heterocycles. The van der Waals surface area contributed by atoms with Gasteiger partial charge < -0.3 is 44.9 Å². The van der Waals surface area contributed by atoms with Gasteiger partial charge in [0.2, 0.25) is 5.91 Å². The summed E-state index contributed by atoms with van der Waals surface area (Å²) < 4.78 is 16.1. The minimum absolute atomic E-state index is 0.222. The van der Waals surface area contributed by atoms with Gasteiger partial charge in [-0.2, -0.15) is 0 Å². The van der Waals surface area contributed by atoms with Crippen LogP contribution in [0.4, 0.5) is 4.79 Å². The zero-order chi connectivity index (χ0) is 30.0. The molecular formula is C29H34N4O9. The first-order valence-electron chi connectivity index (χ1n) is 13.8. The van der Waals surface area contributed by atoms with Crippen LogP contribution in [0, 0.1) is 0 Å². The maximum atomic E-state index is 12.4. The van der Waals surface area contributed by atoms with Gasteiger partial charge in [0, 0.05) is 18.1 Å². The lowest BCUT2D eigenvalue weighted by Gasteiger charge is -2.23. The Bertz CT molecular complexity index is 1300. The predicted octanol–water partition coefficient (Wildman–Crippen LogP) is 0.194. The number of hydrogen-bond donors (Lipinski definition) is 4. The highest BCUT2D eigenvalue weighted by molar-refractivity contribution is 5.90. The van der Waals surface area contributed by atoms with E-state index in [9.17, 15) is 29.4 Å². The average Bonchev–Trinajstić information content (AvgIpc) is 3.73. The van der Waals surface area contributed by atoms with Gasteiger partial charge in [-0.05, 0) is 6.92 Å². The highest BCUT2D eigenvalue weighted by Gasteiger charge is 2.56. The Morgan fingerprint density at radius 2 is 1.38 bits per heavy atom. The number of alkyl carbamates (subject to hydrolysis) is 1. The molecule has 4 heterocycles. The van der Waals surface area contributed by atoms with Crippen LogP contribution in [-0.4, -0.2) is 100 Å². The number of amides is 4. The van der Waals surface area contributed by atoms with E-state index in [4.69, 9.17) is 14.2 Å². The van der Waals surface area contributed by atoms with E-state index in [1.807, 2.05) is 60.7 Å². The number of aliphatic hydroxyl groups is 2. The summed E-state index contributed by atoms with van der Waals surface area (Å²) in [6, 6.07) is 16.2. The Hall–Kier alpha value is -4.04. The second kappa shape index (κ2) is 12.4. The molecule has 0 spiro atoms. The maximum Gasteiger partial charge on any atom is 0.407 e. The largest absolute Gasteiger partial charge is 0.450 e. The summed E-state index contributed by atoms with van der Waals surface area (Å²) in [6.45, 7) is 3.75. The van der Waals surface area contributed by atoms with Gasteiger partial charge in [0.15, 0.2) is 18.6 Å².